The van der Waals surface area contributed by atoms with Crippen LogP contribution in [-0.4, -0.2) is 46.2 Å². The van der Waals surface area contributed by atoms with Gasteiger partial charge in [0, 0.05) is 26.1 Å². The number of hydrogen-bond donors (Lipinski definition) is 0. The summed E-state index contributed by atoms with van der Waals surface area (Å²) in [6.45, 7) is 12.9. The summed E-state index contributed by atoms with van der Waals surface area (Å²) in [6, 6.07) is 17.2. The lowest BCUT2D eigenvalue weighted by Gasteiger charge is -2.15. The molecule has 0 bridgehead atoms. The Balaban J connectivity index is 1.41. The molecule has 0 aliphatic carbocycles. The normalized spacial score (nSPS) is 11.8. The zero-order chi connectivity index (χ0) is 22.8. The maximum Gasteiger partial charge on any atom is 0.119 e. The molecule has 0 spiro atoms. The van der Waals surface area contributed by atoms with Gasteiger partial charge in [-0.2, -0.15) is 0 Å². The SMILES string of the molecule is CCOCCOCCOCCOc1ccc(-c2ccc(-c3ccc(C(C)(C)C)s3)s2)cc1. The molecule has 4 nitrogen and oxygen atoms in total. The van der Waals surface area contributed by atoms with E-state index in [0.29, 0.717) is 39.6 Å². The Bertz CT molecular complexity index is 922. The van der Waals surface area contributed by atoms with Crippen molar-refractivity contribution in [1.82, 2.24) is 0 Å². The molecule has 0 saturated heterocycles. The summed E-state index contributed by atoms with van der Waals surface area (Å²) < 4.78 is 21.9. The van der Waals surface area contributed by atoms with Crippen LogP contribution in [0.5, 0.6) is 5.75 Å². The second kappa shape index (κ2) is 12.5. The fourth-order valence-electron chi connectivity index (χ4n) is 3.02. The first-order valence-electron chi connectivity index (χ1n) is 11.1. The molecule has 0 N–H and O–H groups in total. The highest BCUT2D eigenvalue weighted by atomic mass is 32.1. The third-order valence-corrected chi connectivity index (χ3v) is 7.62. The molecule has 0 saturated carbocycles. The van der Waals surface area contributed by atoms with Gasteiger partial charge in [-0.1, -0.05) is 20.8 Å². The van der Waals surface area contributed by atoms with Gasteiger partial charge in [-0.15, -0.1) is 22.7 Å². The van der Waals surface area contributed by atoms with Crippen molar-refractivity contribution in [3.63, 3.8) is 0 Å². The molecule has 0 fully saturated rings. The Morgan fingerprint density at radius 2 is 1.19 bits per heavy atom. The molecular weight excluding hydrogens is 440 g/mol. The number of rotatable bonds is 13. The first-order chi connectivity index (χ1) is 15.5. The second-order valence-corrected chi connectivity index (χ2v) is 10.5. The monoisotopic (exact) mass is 474 g/mol. The Morgan fingerprint density at radius 1 is 0.625 bits per heavy atom. The van der Waals surface area contributed by atoms with E-state index in [1.807, 2.05) is 41.7 Å². The van der Waals surface area contributed by atoms with Crippen LogP contribution in [0, 0.1) is 0 Å². The van der Waals surface area contributed by atoms with E-state index >= 15 is 0 Å². The standard InChI is InChI=1S/C26H34O4S2/c1-5-27-14-15-28-16-17-29-18-19-30-21-8-6-20(7-9-21)22-10-11-23(31-22)24-12-13-25(32-24)26(2,3)4/h6-13H,5,14-19H2,1-4H3. The van der Waals surface area contributed by atoms with Gasteiger partial charge < -0.3 is 18.9 Å². The highest BCUT2D eigenvalue weighted by Gasteiger charge is 2.17. The van der Waals surface area contributed by atoms with Crippen LogP contribution in [-0.2, 0) is 19.6 Å². The molecule has 2 heterocycles. The van der Waals surface area contributed by atoms with Crippen molar-refractivity contribution in [2.45, 2.75) is 33.1 Å². The molecule has 0 aliphatic heterocycles. The van der Waals surface area contributed by atoms with E-state index < -0.39 is 0 Å². The molecular formula is C26H34O4S2. The highest BCUT2D eigenvalue weighted by Crippen LogP contribution is 2.40. The van der Waals surface area contributed by atoms with Gasteiger partial charge in [0.05, 0.1) is 33.0 Å². The predicted octanol–water partition coefficient (Wildman–Crippen LogP) is 6.89. The van der Waals surface area contributed by atoms with Gasteiger partial charge in [-0.3, -0.25) is 0 Å². The summed E-state index contributed by atoms with van der Waals surface area (Å²) in [6.07, 6.45) is 0. The van der Waals surface area contributed by atoms with Crippen molar-refractivity contribution in [1.29, 1.82) is 0 Å². The van der Waals surface area contributed by atoms with Gasteiger partial charge in [0.15, 0.2) is 0 Å². The van der Waals surface area contributed by atoms with E-state index in [0.717, 1.165) is 12.4 Å². The Kier molecular flexibility index (Phi) is 9.75. The predicted molar refractivity (Wildman–Crippen MR) is 135 cm³/mol. The van der Waals surface area contributed by atoms with Crippen LogP contribution < -0.4 is 4.74 Å². The third-order valence-electron chi connectivity index (χ3n) is 4.78. The van der Waals surface area contributed by atoms with E-state index in [4.69, 9.17) is 18.9 Å². The molecule has 2 aromatic heterocycles. The van der Waals surface area contributed by atoms with E-state index in [2.05, 4.69) is 57.2 Å². The Hall–Kier alpha value is -1.70. The molecule has 174 valence electrons. The lowest BCUT2D eigenvalue weighted by atomic mass is 9.95. The molecule has 0 amide bonds. The molecule has 0 radical (unpaired) electrons. The zero-order valence-electron chi connectivity index (χ0n) is 19.5. The van der Waals surface area contributed by atoms with Gasteiger partial charge in [0.25, 0.3) is 0 Å². The first-order valence-corrected chi connectivity index (χ1v) is 12.8. The van der Waals surface area contributed by atoms with Gasteiger partial charge in [0.2, 0.25) is 0 Å². The van der Waals surface area contributed by atoms with Crippen LogP contribution >= 0.6 is 22.7 Å². The number of thiophene rings is 2. The van der Waals surface area contributed by atoms with Crippen LogP contribution in [0.3, 0.4) is 0 Å². The molecule has 1 aromatic carbocycles. The average molecular weight is 475 g/mol. The average Bonchev–Trinajstić information content (AvgIpc) is 3.45. The highest BCUT2D eigenvalue weighted by molar-refractivity contribution is 7.24. The number of ether oxygens (including phenoxy) is 4. The number of hydrogen-bond acceptors (Lipinski definition) is 6. The van der Waals surface area contributed by atoms with Crippen LogP contribution in [0.4, 0.5) is 0 Å². The quantitative estimate of drug-likeness (QED) is 0.253. The summed E-state index contributed by atoms with van der Waals surface area (Å²) in [4.78, 5) is 5.35. The van der Waals surface area contributed by atoms with Crippen LogP contribution in [0.15, 0.2) is 48.5 Å². The summed E-state index contributed by atoms with van der Waals surface area (Å²) >= 11 is 3.72. The van der Waals surface area contributed by atoms with Crippen molar-refractivity contribution in [3.05, 3.63) is 53.4 Å². The largest absolute Gasteiger partial charge is 0.491 e. The fourth-order valence-corrected chi connectivity index (χ4v) is 5.18. The molecule has 32 heavy (non-hydrogen) atoms. The number of benzene rings is 1. The minimum atomic E-state index is 0.196. The molecule has 3 rings (SSSR count). The maximum atomic E-state index is 5.78. The first kappa shape index (κ1) is 24.9. The van der Waals surface area contributed by atoms with Gasteiger partial charge >= 0.3 is 0 Å². The molecule has 0 unspecified atom stereocenters. The van der Waals surface area contributed by atoms with E-state index in [-0.39, 0.29) is 5.41 Å². The van der Waals surface area contributed by atoms with Crippen molar-refractivity contribution in [2.75, 3.05) is 46.2 Å². The second-order valence-electron chi connectivity index (χ2n) is 8.37. The van der Waals surface area contributed by atoms with Crippen LogP contribution in [0.25, 0.3) is 20.2 Å². The topological polar surface area (TPSA) is 36.9 Å². The van der Waals surface area contributed by atoms with Crippen molar-refractivity contribution < 1.29 is 18.9 Å². The van der Waals surface area contributed by atoms with E-state index in [9.17, 15) is 0 Å². The fraction of sp³-hybridized carbons (Fsp3) is 0.462. The lowest BCUT2D eigenvalue weighted by molar-refractivity contribution is 0.0114. The lowest BCUT2D eigenvalue weighted by Crippen LogP contribution is -2.12. The summed E-state index contributed by atoms with van der Waals surface area (Å²) in [5, 5.41) is 0. The molecule has 6 heteroatoms. The van der Waals surface area contributed by atoms with Gasteiger partial charge in [0.1, 0.15) is 12.4 Å². The third kappa shape index (κ3) is 7.71. The molecule has 0 atom stereocenters. The minimum Gasteiger partial charge on any atom is -0.491 e. The van der Waals surface area contributed by atoms with Crippen molar-refractivity contribution in [3.8, 4) is 25.9 Å². The minimum absolute atomic E-state index is 0.196. The summed E-state index contributed by atoms with van der Waals surface area (Å²) in [5.41, 5.74) is 1.41. The van der Waals surface area contributed by atoms with E-state index in [1.165, 1.54) is 25.1 Å². The van der Waals surface area contributed by atoms with E-state index in [1.54, 1.807) is 0 Å². The smallest absolute Gasteiger partial charge is 0.119 e. The van der Waals surface area contributed by atoms with Crippen molar-refractivity contribution >= 4 is 22.7 Å². The van der Waals surface area contributed by atoms with Crippen LogP contribution in [0.2, 0.25) is 0 Å². The van der Waals surface area contributed by atoms with Gasteiger partial charge in [-0.25, -0.2) is 0 Å². The van der Waals surface area contributed by atoms with Crippen molar-refractivity contribution in [2.24, 2.45) is 0 Å². The summed E-state index contributed by atoms with van der Waals surface area (Å²) in [7, 11) is 0. The maximum absolute atomic E-state index is 5.78. The zero-order valence-corrected chi connectivity index (χ0v) is 21.2. The van der Waals surface area contributed by atoms with Gasteiger partial charge in [-0.05, 0) is 66.4 Å². The van der Waals surface area contributed by atoms with Crippen LogP contribution in [0.1, 0.15) is 32.6 Å². The molecule has 0 aliphatic rings. The Labute approximate surface area is 200 Å². The molecule has 3 aromatic rings. The Morgan fingerprint density at radius 3 is 1.81 bits per heavy atom. The summed E-state index contributed by atoms with van der Waals surface area (Å²) in [5.74, 6) is 0.857.